The van der Waals surface area contributed by atoms with Crippen LogP contribution in [0.2, 0.25) is 0 Å². The highest BCUT2D eigenvalue weighted by atomic mass is 16.3. The highest BCUT2D eigenvalue weighted by Crippen LogP contribution is 2.06. The predicted molar refractivity (Wildman–Crippen MR) is 62.6 cm³/mol. The number of carbonyl (C=O) groups excluding carboxylic acids is 1. The van der Waals surface area contributed by atoms with Crippen LogP contribution in [0.3, 0.4) is 0 Å². The maximum absolute atomic E-state index is 12.1. The molecule has 1 amide bonds. The van der Waals surface area contributed by atoms with Gasteiger partial charge in [-0.1, -0.05) is 0 Å². The van der Waals surface area contributed by atoms with E-state index in [0.29, 0.717) is 25.5 Å². The molecule has 0 bridgehead atoms. The topological polar surface area (TPSA) is 61.6 Å². The molecule has 2 heterocycles. The van der Waals surface area contributed by atoms with Crippen molar-refractivity contribution in [3.63, 3.8) is 0 Å². The van der Waals surface area contributed by atoms with Gasteiger partial charge in [0.05, 0.1) is 6.61 Å². The van der Waals surface area contributed by atoms with Gasteiger partial charge in [0.1, 0.15) is 0 Å². The summed E-state index contributed by atoms with van der Waals surface area (Å²) in [5.41, 5.74) is 0. The fraction of sp³-hybridized carbons (Fsp3) is 0.636. The average Bonchev–Trinajstić information content (AvgIpc) is 2.76. The molecule has 0 aliphatic carbocycles. The van der Waals surface area contributed by atoms with Crippen molar-refractivity contribution in [3.8, 4) is 0 Å². The number of aromatic nitrogens is 2. The summed E-state index contributed by atoms with van der Waals surface area (Å²) in [6.07, 6.45) is 3.41. The van der Waals surface area contributed by atoms with E-state index < -0.39 is 0 Å². The molecule has 0 spiro atoms. The number of piperazine rings is 1. The first-order chi connectivity index (χ1) is 8.22. The minimum Gasteiger partial charge on any atom is -0.395 e. The molecule has 2 rings (SSSR count). The molecule has 1 saturated heterocycles. The van der Waals surface area contributed by atoms with Gasteiger partial charge in [-0.2, -0.15) is 0 Å². The zero-order valence-corrected chi connectivity index (χ0v) is 10.0. The number of hydrogen-bond acceptors (Lipinski definition) is 4. The Morgan fingerprint density at radius 3 is 2.65 bits per heavy atom. The van der Waals surface area contributed by atoms with Crippen molar-refractivity contribution in [2.24, 2.45) is 7.05 Å². The van der Waals surface area contributed by atoms with Gasteiger partial charge < -0.3 is 14.6 Å². The average molecular weight is 238 g/mol. The number of aliphatic hydroxyl groups is 1. The van der Waals surface area contributed by atoms with Crippen molar-refractivity contribution in [2.45, 2.75) is 0 Å². The second-order valence-corrected chi connectivity index (χ2v) is 4.22. The van der Waals surface area contributed by atoms with E-state index in [0.717, 1.165) is 13.1 Å². The van der Waals surface area contributed by atoms with Gasteiger partial charge in [0, 0.05) is 52.2 Å². The summed E-state index contributed by atoms with van der Waals surface area (Å²) in [6, 6.07) is 0. The van der Waals surface area contributed by atoms with E-state index in [2.05, 4.69) is 9.88 Å². The van der Waals surface area contributed by atoms with Crippen LogP contribution in [-0.4, -0.2) is 69.7 Å². The van der Waals surface area contributed by atoms with Crippen molar-refractivity contribution < 1.29 is 9.90 Å². The lowest BCUT2D eigenvalue weighted by molar-refractivity contribution is 0.0600. The molecule has 0 radical (unpaired) electrons. The molecule has 0 atom stereocenters. The van der Waals surface area contributed by atoms with E-state index in [1.165, 1.54) is 0 Å². The highest BCUT2D eigenvalue weighted by Gasteiger charge is 2.23. The van der Waals surface area contributed by atoms with Crippen LogP contribution in [0.25, 0.3) is 0 Å². The Labute approximate surface area is 100 Å². The Kier molecular flexibility index (Phi) is 3.75. The fourth-order valence-corrected chi connectivity index (χ4v) is 2.03. The van der Waals surface area contributed by atoms with E-state index in [1.54, 1.807) is 17.0 Å². The van der Waals surface area contributed by atoms with E-state index >= 15 is 0 Å². The molecule has 0 aromatic carbocycles. The lowest BCUT2D eigenvalue weighted by Gasteiger charge is -2.34. The summed E-state index contributed by atoms with van der Waals surface area (Å²) in [4.78, 5) is 20.2. The van der Waals surface area contributed by atoms with E-state index in [-0.39, 0.29) is 12.5 Å². The SMILES string of the molecule is Cn1ccnc1C(=O)N1CCN(CCO)CC1. The Morgan fingerprint density at radius 2 is 2.12 bits per heavy atom. The molecule has 6 nitrogen and oxygen atoms in total. The number of nitrogens with zero attached hydrogens (tertiary/aromatic N) is 4. The quantitative estimate of drug-likeness (QED) is 0.746. The molecule has 1 aromatic rings. The number of β-amino-alcohol motifs (C(OH)–C–C–N with tert-alkyl or cyclic N) is 1. The van der Waals surface area contributed by atoms with Crippen molar-refractivity contribution in [2.75, 3.05) is 39.3 Å². The summed E-state index contributed by atoms with van der Waals surface area (Å²) < 4.78 is 1.74. The third-order valence-corrected chi connectivity index (χ3v) is 3.09. The first-order valence-electron chi connectivity index (χ1n) is 5.82. The second kappa shape index (κ2) is 5.29. The minimum absolute atomic E-state index is 0.0128. The van der Waals surface area contributed by atoms with E-state index in [4.69, 9.17) is 5.11 Å². The normalized spacial score (nSPS) is 17.4. The van der Waals surface area contributed by atoms with Gasteiger partial charge in [0.15, 0.2) is 5.82 Å². The largest absolute Gasteiger partial charge is 0.395 e. The summed E-state index contributed by atoms with van der Waals surface area (Å²) in [7, 11) is 1.82. The Balaban J connectivity index is 1.93. The molecular formula is C11H18N4O2. The smallest absolute Gasteiger partial charge is 0.289 e. The zero-order valence-electron chi connectivity index (χ0n) is 10.0. The molecule has 17 heavy (non-hydrogen) atoms. The van der Waals surface area contributed by atoms with Crippen LogP contribution in [0.1, 0.15) is 10.6 Å². The zero-order chi connectivity index (χ0) is 12.3. The molecular weight excluding hydrogens is 220 g/mol. The van der Waals surface area contributed by atoms with Gasteiger partial charge in [-0.3, -0.25) is 9.69 Å². The van der Waals surface area contributed by atoms with Gasteiger partial charge in [0.25, 0.3) is 5.91 Å². The van der Waals surface area contributed by atoms with Crippen LogP contribution in [0.5, 0.6) is 0 Å². The summed E-state index contributed by atoms with van der Waals surface area (Å²) >= 11 is 0. The predicted octanol–water partition coefficient (Wildman–Crippen LogP) is -0.830. The molecule has 94 valence electrons. The molecule has 6 heteroatoms. The maximum Gasteiger partial charge on any atom is 0.289 e. The lowest BCUT2D eigenvalue weighted by Crippen LogP contribution is -2.49. The van der Waals surface area contributed by atoms with Crippen LogP contribution in [0.4, 0.5) is 0 Å². The second-order valence-electron chi connectivity index (χ2n) is 4.22. The Hall–Kier alpha value is -1.40. The van der Waals surface area contributed by atoms with Gasteiger partial charge in [-0.15, -0.1) is 0 Å². The van der Waals surface area contributed by atoms with Gasteiger partial charge in [-0.05, 0) is 0 Å². The monoisotopic (exact) mass is 238 g/mol. The van der Waals surface area contributed by atoms with Crippen LogP contribution >= 0.6 is 0 Å². The number of amides is 1. The Bertz CT molecular complexity index is 383. The maximum atomic E-state index is 12.1. The Morgan fingerprint density at radius 1 is 1.41 bits per heavy atom. The first-order valence-corrected chi connectivity index (χ1v) is 5.82. The van der Waals surface area contributed by atoms with Gasteiger partial charge in [-0.25, -0.2) is 4.98 Å². The van der Waals surface area contributed by atoms with Gasteiger partial charge in [0.2, 0.25) is 0 Å². The summed E-state index contributed by atoms with van der Waals surface area (Å²) in [5.74, 6) is 0.474. The van der Waals surface area contributed by atoms with Crippen LogP contribution in [0.15, 0.2) is 12.4 Å². The molecule has 1 fully saturated rings. The third-order valence-electron chi connectivity index (χ3n) is 3.09. The summed E-state index contributed by atoms with van der Waals surface area (Å²) in [6.45, 7) is 3.89. The molecule has 1 aromatic heterocycles. The van der Waals surface area contributed by atoms with Crippen molar-refractivity contribution >= 4 is 5.91 Å². The molecule has 1 aliphatic rings. The number of aryl methyl sites for hydroxylation is 1. The molecule has 1 aliphatic heterocycles. The van der Waals surface area contributed by atoms with E-state index in [1.807, 2.05) is 11.9 Å². The number of imidazole rings is 1. The number of aliphatic hydroxyl groups excluding tert-OH is 1. The highest BCUT2D eigenvalue weighted by molar-refractivity contribution is 5.90. The van der Waals surface area contributed by atoms with Crippen LogP contribution in [-0.2, 0) is 7.05 Å². The lowest BCUT2D eigenvalue weighted by atomic mass is 10.3. The van der Waals surface area contributed by atoms with Crippen molar-refractivity contribution in [1.29, 1.82) is 0 Å². The van der Waals surface area contributed by atoms with Crippen molar-refractivity contribution in [1.82, 2.24) is 19.4 Å². The summed E-state index contributed by atoms with van der Waals surface area (Å²) in [5, 5.41) is 8.84. The van der Waals surface area contributed by atoms with E-state index in [9.17, 15) is 4.79 Å². The number of carbonyl (C=O) groups is 1. The first kappa shape index (κ1) is 12.1. The molecule has 0 unspecified atom stereocenters. The molecule has 1 N–H and O–H groups in total. The standard InChI is InChI=1S/C11H18N4O2/c1-13-3-2-12-10(13)11(17)15-6-4-14(5-7-15)8-9-16/h2-3,16H,4-9H2,1H3. The number of rotatable bonds is 3. The molecule has 0 saturated carbocycles. The van der Waals surface area contributed by atoms with Gasteiger partial charge >= 0.3 is 0 Å². The van der Waals surface area contributed by atoms with Crippen molar-refractivity contribution in [3.05, 3.63) is 18.2 Å². The number of hydrogen-bond donors (Lipinski definition) is 1. The van der Waals surface area contributed by atoms with Crippen LogP contribution in [0, 0.1) is 0 Å². The third kappa shape index (κ3) is 2.65. The van der Waals surface area contributed by atoms with Crippen LogP contribution < -0.4 is 0 Å². The fourth-order valence-electron chi connectivity index (χ4n) is 2.03. The minimum atomic E-state index is -0.0128.